The summed E-state index contributed by atoms with van der Waals surface area (Å²) in [5.74, 6) is -0.715. The van der Waals surface area contributed by atoms with Crippen LogP contribution in [0.5, 0.6) is 0 Å². The molecule has 8 nitrogen and oxygen atoms in total. The second kappa shape index (κ2) is 9.65. The maximum Gasteiger partial charge on any atom is 0.352 e. The third kappa shape index (κ3) is 4.51. The van der Waals surface area contributed by atoms with Gasteiger partial charge in [0.15, 0.2) is 0 Å². The molecule has 0 aromatic heterocycles. The lowest BCUT2D eigenvalue weighted by Gasteiger charge is -2.50. The Morgan fingerprint density at radius 1 is 1.24 bits per heavy atom. The van der Waals surface area contributed by atoms with Crippen LogP contribution >= 0.6 is 35.7 Å². The Hall–Kier alpha value is -2.08. The number of carboxylic acids is 1. The number of β-lactam (4-membered cyclic amide) rings is 1. The number of nitrogens with one attached hydrogen (secondary N) is 1. The lowest BCUT2D eigenvalue weighted by atomic mass is 10.0. The molecule has 3 aliphatic heterocycles. The average molecular weight is 507 g/mol. The summed E-state index contributed by atoms with van der Waals surface area (Å²) in [5, 5.41) is 12.1. The van der Waals surface area contributed by atoms with E-state index in [0.29, 0.717) is 23.9 Å². The molecule has 1 aromatic carbocycles. The fraction of sp³-hybridized carbons (Fsp3) is 0.455. The standard InChI is InChI=1S/C22H26N4O4S3/c1-12(2)25-10-24(11-33-22(25)31)17(14-7-5-4-6-8-14)18(27)23-15-19(28)26-16(21(29)30)13(3)9-32-20(15)26/h4-8,12,15,17,20H,9-11H2,1-3H3,(H,23,27)(H,29,30)/t15-,17-,20-/m1/s1. The van der Waals surface area contributed by atoms with Gasteiger partial charge in [0.05, 0.1) is 12.5 Å². The highest BCUT2D eigenvalue weighted by Gasteiger charge is 2.54. The number of hydrogen-bond donors (Lipinski definition) is 2. The molecular formula is C22H26N4O4S3. The summed E-state index contributed by atoms with van der Waals surface area (Å²) in [6.45, 7) is 6.34. The van der Waals surface area contributed by atoms with Crippen molar-refractivity contribution >= 4 is 57.8 Å². The first-order valence-electron chi connectivity index (χ1n) is 10.6. The molecular weight excluding hydrogens is 480 g/mol. The third-order valence-corrected chi connectivity index (χ3v) is 8.89. The first-order valence-corrected chi connectivity index (χ1v) is 13.1. The second-order valence-electron chi connectivity index (χ2n) is 8.48. The van der Waals surface area contributed by atoms with Gasteiger partial charge < -0.3 is 15.3 Å². The Morgan fingerprint density at radius 2 is 1.94 bits per heavy atom. The SMILES string of the molecule is CC1=C(C(=O)O)N2C(=O)[C@@H](NC(=O)[C@@H](c3ccccc3)N3CSC(=S)N(C(C)C)C3)[C@H]2SC1. The van der Waals surface area contributed by atoms with Crippen molar-refractivity contribution in [2.75, 3.05) is 18.3 Å². The summed E-state index contributed by atoms with van der Waals surface area (Å²) in [7, 11) is 0. The van der Waals surface area contributed by atoms with Crippen molar-refractivity contribution in [3.63, 3.8) is 0 Å². The van der Waals surface area contributed by atoms with Crippen LogP contribution in [-0.4, -0.2) is 77.7 Å². The zero-order chi connectivity index (χ0) is 23.9. The first kappa shape index (κ1) is 24.1. The van der Waals surface area contributed by atoms with Crippen LogP contribution in [0.2, 0.25) is 0 Å². The van der Waals surface area contributed by atoms with Gasteiger partial charge in [-0.1, -0.05) is 54.3 Å². The molecule has 3 heterocycles. The van der Waals surface area contributed by atoms with E-state index in [0.717, 1.165) is 9.88 Å². The van der Waals surface area contributed by atoms with Crippen LogP contribution in [0.1, 0.15) is 32.4 Å². The van der Waals surface area contributed by atoms with E-state index in [1.165, 1.54) is 28.4 Å². The Bertz CT molecular complexity index is 1020. The molecule has 2 amide bonds. The van der Waals surface area contributed by atoms with Crippen LogP contribution in [0, 0.1) is 0 Å². The fourth-order valence-electron chi connectivity index (χ4n) is 4.22. The number of amides is 2. The normalized spacial score (nSPS) is 24.5. The number of aliphatic carboxylic acids is 1. The van der Waals surface area contributed by atoms with Crippen molar-refractivity contribution in [2.45, 2.75) is 44.3 Å². The summed E-state index contributed by atoms with van der Waals surface area (Å²) in [4.78, 5) is 43.5. The number of hydrogen-bond acceptors (Lipinski definition) is 7. The van der Waals surface area contributed by atoms with Crippen molar-refractivity contribution in [3.8, 4) is 0 Å². The van der Waals surface area contributed by atoms with Crippen molar-refractivity contribution in [3.05, 3.63) is 47.2 Å². The minimum Gasteiger partial charge on any atom is -0.477 e. The zero-order valence-electron chi connectivity index (χ0n) is 18.6. The molecule has 33 heavy (non-hydrogen) atoms. The van der Waals surface area contributed by atoms with Crippen LogP contribution in [0.25, 0.3) is 0 Å². The van der Waals surface area contributed by atoms with Crippen molar-refractivity contribution < 1.29 is 19.5 Å². The maximum absolute atomic E-state index is 13.6. The molecule has 0 spiro atoms. The largest absolute Gasteiger partial charge is 0.477 e. The second-order valence-corrected chi connectivity index (χ2v) is 11.2. The van der Waals surface area contributed by atoms with Gasteiger partial charge in [0.1, 0.15) is 27.5 Å². The Kier molecular flexibility index (Phi) is 7.04. The van der Waals surface area contributed by atoms with Gasteiger partial charge in [-0.3, -0.25) is 19.4 Å². The van der Waals surface area contributed by atoms with Crippen LogP contribution in [0.4, 0.5) is 0 Å². The van der Waals surface area contributed by atoms with E-state index in [4.69, 9.17) is 12.2 Å². The highest BCUT2D eigenvalue weighted by atomic mass is 32.2. The molecule has 2 saturated heterocycles. The van der Waals surface area contributed by atoms with Crippen molar-refractivity contribution in [1.29, 1.82) is 0 Å². The van der Waals surface area contributed by atoms with Gasteiger partial charge >= 0.3 is 5.97 Å². The number of rotatable bonds is 6. The minimum absolute atomic E-state index is 0.0300. The lowest BCUT2D eigenvalue weighted by molar-refractivity contribution is -0.151. The van der Waals surface area contributed by atoms with E-state index in [1.807, 2.05) is 35.2 Å². The third-order valence-electron chi connectivity index (χ3n) is 5.93. The van der Waals surface area contributed by atoms with Crippen LogP contribution < -0.4 is 5.32 Å². The van der Waals surface area contributed by atoms with Crippen LogP contribution in [0.3, 0.4) is 0 Å². The Balaban J connectivity index is 1.56. The van der Waals surface area contributed by atoms with Gasteiger partial charge in [-0.15, -0.1) is 11.8 Å². The summed E-state index contributed by atoms with van der Waals surface area (Å²) in [6.07, 6.45) is 0. The van der Waals surface area contributed by atoms with Gasteiger partial charge in [-0.05, 0) is 31.9 Å². The molecule has 0 radical (unpaired) electrons. The minimum atomic E-state index is -1.12. The molecule has 0 unspecified atom stereocenters. The number of nitrogens with zero attached hydrogens (tertiary/aromatic N) is 3. The van der Waals surface area contributed by atoms with E-state index in [2.05, 4.69) is 24.1 Å². The molecule has 1 aromatic rings. The number of benzene rings is 1. The van der Waals surface area contributed by atoms with Gasteiger partial charge in [-0.2, -0.15) is 0 Å². The van der Waals surface area contributed by atoms with Crippen LogP contribution in [0.15, 0.2) is 41.6 Å². The molecule has 2 N–H and O–H groups in total. The monoisotopic (exact) mass is 506 g/mol. The summed E-state index contributed by atoms with van der Waals surface area (Å²) >= 11 is 8.49. The van der Waals surface area contributed by atoms with E-state index in [-0.39, 0.29) is 23.6 Å². The molecule has 3 atom stereocenters. The maximum atomic E-state index is 13.6. The topological polar surface area (TPSA) is 93.2 Å². The quantitative estimate of drug-likeness (QED) is 0.446. The summed E-state index contributed by atoms with van der Waals surface area (Å²) < 4.78 is 0.806. The molecule has 4 rings (SSSR count). The van der Waals surface area contributed by atoms with E-state index < -0.39 is 23.4 Å². The molecule has 11 heteroatoms. The zero-order valence-corrected chi connectivity index (χ0v) is 21.0. The van der Waals surface area contributed by atoms with Gasteiger partial charge in [0.2, 0.25) is 5.91 Å². The van der Waals surface area contributed by atoms with Gasteiger partial charge in [0.25, 0.3) is 5.91 Å². The number of thioether (sulfide) groups is 2. The number of fused-ring (bicyclic) bond motifs is 1. The predicted molar refractivity (Wildman–Crippen MR) is 133 cm³/mol. The van der Waals surface area contributed by atoms with Crippen molar-refractivity contribution in [1.82, 2.24) is 20.0 Å². The molecule has 2 fully saturated rings. The lowest BCUT2D eigenvalue weighted by Crippen LogP contribution is -2.71. The number of carbonyl (C=O) groups excluding carboxylic acids is 2. The molecule has 0 saturated carbocycles. The average Bonchev–Trinajstić information content (AvgIpc) is 2.78. The van der Waals surface area contributed by atoms with E-state index >= 15 is 0 Å². The first-order chi connectivity index (χ1) is 15.7. The van der Waals surface area contributed by atoms with Gasteiger partial charge in [0, 0.05) is 11.8 Å². The van der Waals surface area contributed by atoms with Crippen LogP contribution in [-0.2, 0) is 14.4 Å². The Labute approximate surface area is 206 Å². The predicted octanol–water partition coefficient (Wildman–Crippen LogP) is 2.45. The summed E-state index contributed by atoms with van der Waals surface area (Å²) in [6, 6.07) is 8.31. The highest BCUT2D eigenvalue weighted by molar-refractivity contribution is 8.22. The highest BCUT2D eigenvalue weighted by Crippen LogP contribution is 2.40. The van der Waals surface area contributed by atoms with Crippen molar-refractivity contribution in [2.24, 2.45) is 0 Å². The number of carbonyl (C=O) groups is 3. The van der Waals surface area contributed by atoms with E-state index in [9.17, 15) is 19.5 Å². The molecule has 3 aliphatic rings. The number of carboxylic acid groups (broad SMARTS) is 1. The summed E-state index contributed by atoms with van der Waals surface area (Å²) in [5.41, 5.74) is 1.51. The molecule has 0 bridgehead atoms. The number of thiocarbonyl (C=S) groups is 1. The molecule has 0 aliphatic carbocycles. The van der Waals surface area contributed by atoms with Gasteiger partial charge in [-0.25, -0.2) is 4.79 Å². The smallest absolute Gasteiger partial charge is 0.352 e. The fourth-order valence-corrected chi connectivity index (χ4v) is 6.88. The molecule has 176 valence electrons. The Morgan fingerprint density at radius 3 is 2.58 bits per heavy atom. The van der Waals surface area contributed by atoms with E-state index in [1.54, 1.807) is 6.92 Å².